The van der Waals surface area contributed by atoms with Crippen LogP contribution < -0.4 is 10.2 Å². The van der Waals surface area contributed by atoms with Gasteiger partial charge in [0.25, 0.3) is 0 Å². The maximum atomic E-state index is 3.51. The zero-order valence-corrected chi connectivity index (χ0v) is 10.9. The van der Waals surface area contributed by atoms with Crippen LogP contribution >= 0.6 is 0 Å². The third-order valence-corrected chi connectivity index (χ3v) is 4.25. The number of fused-ring (bicyclic) bond motifs is 1. The van der Waals surface area contributed by atoms with Crippen molar-refractivity contribution in [2.45, 2.75) is 26.7 Å². The quantitative estimate of drug-likeness (QED) is 0.839. The van der Waals surface area contributed by atoms with E-state index in [9.17, 15) is 0 Å². The summed E-state index contributed by atoms with van der Waals surface area (Å²) in [7, 11) is 0. The van der Waals surface area contributed by atoms with Crippen LogP contribution in [0.15, 0.2) is 18.2 Å². The van der Waals surface area contributed by atoms with E-state index in [-0.39, 0.29) is 0 Å². The summed E-state index contributed by atoms with van der Waals surface area (Å²) in [5.41, 5.74) is 4.25. The Morgan fingerprint density at radius 1 is 1.29 bits per heavy atom. The summed E-state index contributed by atoms with van der Waals surface area (Å²) in [4.78, 5) is 2.50. The molecule has 92 valence electrons. The first-order valence-electron chi connectivity index (χ1n) is 6.86. The standard InChI is InChI=1S/C15H22N2/c1-11(2)13-9-17(10-13)14-6-5-12-4-3-7-16-15(12)8-14/h5-6,8,11,13,16H,3-4,7,9-10H2,1-2H3. The first kappa shape index (κ1) is 10.9. The van der Waals surface area contributed by atoms with Crippen molar-refractivity contribution in [1.29, 1.82) is 0 Å². The molecule has 1 fully saturated rings. The highest BCUT2D eigenvalue weighted by atomic mass is 15.2. The highest BCUT2D eigenvalue weighted by Gasteiger charge is 2.29. The van der Waals surface area contributed by atoms with Gasteiger partial charge in [0.1, 0.15) is 0 Å². The number of aryl methyl sites for hydroxylation is 1. The molecule has 0 bridgehead atoms. The molecule has 0 aromatic heterocycles. The second-order valence-electron chi connectivity index (χ2n) is 5.78. The lowest BCUT2D eigenvalue weighted by molar-refractivity contribution is 0.310. The van der Waals surface area contributed by atoms with Crippen LogP contribution in [0, 0.1) is 11.8 Å². The van der Waals surface area contributed by atoms with Gasteiger partial charge in [0, 0.05) is 31.0 Å². The number of benzene rings is 1. The van der Waals surface area contributed by atoms with E-state index in [1.165, 1.54) is 42.9 Å². The average Bonchev–Trinajstić information content (AvgIpc) is 2.26. The van der Waals surface area contributed by atoms with Crippen LogP contribution in [0.4, 0.5) is 11.4 Å². The molecule has 2 aliphatic heterocycles. The fraction of sp³-hybridized carbons (Fsp3) is 0.600. The van der Waals surface area contributed by atoms with E-state index in [1.807, 2.05) is 0 Å². The van der Waals surface area contributed by atoms with E-state index < -0.39 is 0 Å². The van der Waals surface area contributed by atoms with Gasteiger partial charge in [0.15, 0.2) is 0 Å². The molecular formula is C15H22N2. The summed E-state index contributed by atoms with van der Waals surface area (Å²) in [6, 6.07) is 6.94. The van der Waals surface area contributed by atoms with Gasteiger partial charge in [-0.3, -0.25) is 0 Å². The number of hydrogen-bond acceptors (Lipinski definition) is 2. The van der Waals surface area contributed by atoms with Crippen LogP contribution in [-0.4, -0.2) is 19.6 Å². The van der Waals surface area contributed by atoms with Crippen molar-refractivity contribution in [3.8, 4) is 0 Å². The molecule has 0 unspecified atom stereocenters. The summed E-state index contributed by atoms with van der Waals surface area (Å²) >= 11 is 0. The molecule has 0 atom stereocenters. The van der Waals surface area contributed by atoms with Crippen LogP contribution in [0.25, 0.3) is 0 Å². The Labute approximate surface area is 104 Å². The van der Waals surface area contributed by atoms with Crippen molar-refractivity contribution in [2.75, 3.05) is 29.9 Å². The number of rotatable bonds is 2. The molecule has 2 aliphatic rings. The summed E-state index contributed by atoms with van der Waals surface area (Å²) in [6.45, 7) is 8.25. The number of nitrogens with one attached hydrogen (secondary N) is 1. The molecule has 0 spiro atoms. The molecular weight excluding hydrogens is 208 g/mol. The normalized spacial score (nSPS) is 19.8. The molecule has 0 radical (unpaired) electrons. The molecule has 3 rings (SSSR count). The second kappa shape index (κ2) is 4.25. The van der Waals surface area contributed by atoms with Crippen LogP contribution in [-0.2, 0) is 6.42 Å². The molecule has 0 aliphatic carbocycles. The van der Waals surface area contributed by atoms with E-state index in [4.69, 9.17) is 0 Å². The Kier molecular flexibility index (Phi) is 2.73. The molecule has 1 aromatic carbocycles. The average molecular weight is 230 g/mol. The number of nitrogens with zero attached hydrogens (tertiary/aromatic N) is 1. The van der Waals surface area contributed by atoms with Gasteiger partial charge in [-0.15, -0.1) is 0 Å². The van der Waals surface area contributed by atoms with Gasteiger partial charge < -0.3 is 10.2 Å². The smallest absolute Gasteiger partial charge is 0.0393 e. The van der Waals surface area contributed by atoms with Gasteiger partial charge in [-0.05, 0) is 42.4 Å². The fourth-order valence-corrected chi connectivity index (χ4v) is 2.79. The maximum absolute atomic E-state index is 3.51. The Morgan fingerprint density at radius 3 is 2.88 bits per heavy atom. The SMILES string of the molecule is CC(C)C1CN(c2ccc3c(c2)NCCC3)C1. The van der Waals surface area contributed by atoms with Crippen LogP contribution in [0.3, 0.4) is 0 Å². The lowest BCUT2D eigenvalue weighted by Crippen LogP contribution is -2.49. The lowest BCUT2D eigenvalue weighted by Gasteiger charge is -2.43. The molecule has 1 aromatic rings. The summed E-state index contributed by atoms with van der Waals surface area (Å²) < 4.78 is 0. The maximum Gasteiger partial charge on any atom is 0.0393 e. The first-order chi connectivity index (χ1) is 8.24. The van der Waals surface area contributed by atoms with Crippen molar-refractivity contribution >= 4 is 11.4 Å². The topological polar surface area (TPSA) is 15.3 Å². The minimum Gasteiger partial charge on any atom is -0.385 e. The number of hydrogen-bond donors (Lipinski definition) is 1. The number of anilines is 2. The van der Waals surface area contributed by atoms with Gasteiger partial charge in [-0.1, -0.05) is 19.9 Å². The molecule has 2 heterocycles. The van der Waals surface area contributed by atoms with E-state index in [1.54, 1.807) is 0 Å². The largest absolute Gasteiger partial charge is 0.385 e. The molecule has 0 amide bonds. The Morgan fingerprint density at radius 2 is 2.12 bits per heavy atom. The highest BCUT2D eigenvalue weighted by Crippen LogP contribution is 2.33. The summed E-state index contributed by atoms with van der Waals surface area (Å²) in [5.74, 6) is 1.71. The molecule has 1 N–H and O–H groups in total. The van der Waals surface area contributed by atoms with Crippen LogP contribution in [0.2, 0.25) is 0 Å². The van der Waals surface area contributed by atoms with Gasteiger partial charge in [0.2, 0.25) is 0 Å². The summed E-state index contributed by atoms with van der Waals surface area (Å²) in [6.07, 6.45) is 2.50. The van der Waals surface area contributed by atoms with Crippen LogP contribution in [0.1, 0.15) is 25.8 Å². The Hall–Kier alpha value is -1.18. The monoisotopic (exact) mass is 230 g/mol. The van der Waals surface area contributed by atoms with Crippen molar-refractivity contribution < 1.29 is 0 Å². The second-order valence-corrected chi connectivity index (χ2v) is 5.78. The minimum atomic E-state index is 0.821. The zero-order valence-electron chi connectivity index (χ0n) is 10.9. The van der Waals surface area contributed by atoms with Gasteiger partial charge in [-0.25, -0.2) is 0 Å². The van der Waals surface area contributed by atoms with Gasteiger partial charge in [0.05, 0.1) is 0 Å². The van der Waals surface area contributed by atoms with Crippen molar-refractivity contribution in [2.24, 2.45) is 11.8 Å². The molecule has 17 heavy (non-hydrogen) atoms. The highest BCUT2D eigenvalue weighted by molar-refractivity contribution is 5.64. The van der Waals surface area contributed by atoms with E-state index in [0.29, 0.717) is 0 Å². The van der Waals surface area contributed by atoms with Gasteiger partial charge >= 0.3 is 0 Å². The van der Waals surface area contributed by atoms with Gasteiger partial charge in [-0.2, -0.15) is 0 Å². The summed E-state index contributed by atoms with van der Waals surface area (Å²) in [5, 5.41) is 3.51. The Balaban J connectivity index is 1.73. The minimum absolute atomic E-state index is 0.821. The molecule has 2 heteroatoms. The third kappa shape index (κ3) is 2.01. The lowest BCUT2D eigenvalue weighted by atomic mass is 9.88. The van der Waals surface area contributed by atoms with Crippen LogP contribution in [0.5, 0.6) is 0 Å². The van der Waals surface area contributed by atoms with E-state index in [0.717, 1.165) is 18.4 Å². The predicted octanol–water partition coefficient (Wildman–Crippen LogP) is 3.14. The fourth-order valence-electron chi connectivity index (χ4n) is 2.79. The van der Waals surface area contributed by atoms with Crippen molar-refractivity contribution in [1.82, 2.24) is 0 Å². The third-order valence-electron chi connectivity index (χ3n) is 4.25. The predicted molar refractivity (Wildman–Crippen MR) is 73.8 cm³/mol. The zero-order chi connectivity index (χ0) is 11.8. The molecule has 0 saturated carbocycles. The molecule has 2 nitrogen and oxygen atoms in total. The van der Waals surface area contributed by atoms with Crippen molar-refractivity contribution in [3.05, 3.63) is 23.8 Å². The molecule has 1 saturated heterocycles. The van der Waals surface area contributed by atoms with E-state index in [2.05, 4.69) is 42.3 Å². The van der Waals surface area contributed by atoms with Crippen molar-refractivity contribution in [3.63, 3.8) is 0 Å². The van der Waals surface area contributed by atoms with E-state index >= 15 is 0 Å². The first-order valence-corrected chi connectivity index (χ1v) is 6.86. The Bertz CT molecular complexity index is 405.